The van der Waals surface area contributed by atoms with Gasteiger partial charge in [-0.05, 0) is 23.1 Å². The lowest BCUT2D eigenvalue weighted by molar-refractivity contribution is 0.136. The summed E-state index contributed by atoms with van der Waals surface area (Å²) in [6.07, 6.45) is 0. The molecule has 3 nitrogen and oxygen atoms in total. The van der Waals surface area contributed by atoms with Crippen LogP contribution in [0.5, 0.6) is 0 Å². The molecule has 1 aromatic carbocycles. The van der Waals surface area contributed by atoms with E-state index in [1.54, 1.807) is 7.11 Å². The predicted octanol–water partition coefficient (Wildman–Crippen LogP) is 3.01. The number of hydrogen-bond donors (Lipinski definition) is 1. The van der Waals surface area contributed by atoms with Crippen molar-refractivity contribution in [2.45, 2.75) is 26.9 Å². The third-order valence-corrected chi connectivity index (χ3v) is 3.72. The Labute approximate surface area is 125 Å². The maximum atomic E-state index is 5.65. The number of nitrogens with two attached hydrogens (primary N) is 1. The SMILES string of the molecule is COCCN(Cc1ccc(CN)cc1Br)CC(C)C. The van der Waals surface area contributed by atoms with E-state index in [1.807, 2.05) is 0 Å². The normalized spacial score (nSPS) is 11.5. The molecule has 1 aromatic rings. The van der Waals surface area contributed by atoms with E-state index in [0.717, 1.165) is 36.3 Å². The van der Waals surface area contributed by atoms with Gasteiger partial charge in [0.15, 0.2) is 0 Å². The monoisotopic (exact) mass is 328 g/mol. The molecule has 0 aliphatic heterocycles. The standard InChI is InChI=1S/C15H25BrN2O/c1-12(2)10-18(6-7-19-3)11-14-5-4-13(9-17)8-15(14)16/h4-5,8,12H,6-7,9-11,17H2,1-3H3. The van der Waals surface area contributed by atoms with E-state index in [9.17, 15) is 0 Å². The van der Waals surface area contributed by atoms with Gasteiger partial charge >= 0.3 is 0 Å². The van der Waals surface area contributed by atoms with Crippen molar-refractivity contribution in [3.05, 3.63) is 33.8 Å². The Balaban J connectivity index is 2.71. The van der Waals surface area contributed by atoms with Gasteiger partial charge in [-0.3, -0.25) is 4.90 Å². The van der Waals surface area contributed by atoms with E-state index in [4.69, 9.17) is 10.5 Å². The highest BCUT2D eigenvalue weighted by molar-refractivity contribution is 9.10. The topological polar surface area (TPSA) is 38.5 Å². The molecule has 19 heavy (non-hydrogen) atoms. The van der Waals surface area contributed by atoms with E-state index in [0.29, 0.717) is 12.5 Å². The second kappa shape index (κ2) is 8.69. The summed E-state index contributed by atoms with van der Waals surface area (Å²) >= 11 is 3.64. The molecule has 0 spiro atoms. The summed E-state index contributed by atoms with van der Waals surface area (Å²) in [5.41, 5.74) is 8.11. The summed E-state index contributed by atoms with van der Waals surface area (Å²) in [6.45, 7) is 8.81. The Morgan fingerprint density at radius 3 is 2.63 bits per heavy atom. The number of hydrogen-bond acceptors (Lipinski definition) is 3. The Bertz CT molecular complexity index is 382. The van der Waals surface area contributed by atoms with Gasteiger partial charge in [0.25, 0.3) is 0 Å². The smallest absolute Gasteiger partial charge is 0.0589 e. The third-order valence-electron chi connectivity index (χ3n) is 2.98. The van der Waals surface area contributed by atoms with Gasteiger partial charge in [0.1, 0.15) is 0 Å². The number of rotatable bonds is 8. The molecule has 0 aliphatic rings. The summed E-state index contributed by atoms with van der Waals surface area (Å²) in [6, 6.07) is 6.37. The first-order chi connectivity index (χ1) is 9.06. The molecule has 0 atom stereocenters. The fraction of sp³-hybridized carbons (Fsp3) is 0.600. The van der Waals surface area contributed by atoms with E-state index in [1.165, 1.54) is 5.56 Å². The molecule has 0 unspecified atom stereocenters. The van der Waals surface area contributed by atoms with Crippen molar-refractivity contribution in [3.63, 3.8) is 0 Å². The maximum absolute atomic E-state index is 5.65. The lowest BCUT2D eigenvalue weighted by Gasteiger charge is -2.24. The fourth-order valence-electron chi connectivity index (χ4n) is 2.06. The Morgan fingerprint density at radius 1 is 1.37 bits per heavy atom. The first-order valence-corrected chi connectivity index (χ1v) is 7.54. The average molecular weight is 329 g/mol. The lowest BCUT2D eigenvalue weighted by atomic mass is 10.1. The van der Waals surface area contributed by atoms with Gasteiger partial charge in [-0.25, -0.2) is 0 Å². The lowest BCUT2D eigenvalue weighted by Crippen LogP contribution is -2.30. The van der Waals surface area contributed by atoms with Crippen LogP contribution in [0.4, 0.5) is 0 Å². The highest BCUT2D eigenvalue weighted by Gasteiger charge is 2.10. The summed E-state index contributed by atoms with van der Waals surface area (Å²) in [5, 5.41) is 0. The molecule has 0 saturated carbocycles. The summed E-state index contributed by atoms with van der Waals surface area (Å²) in [5.74, 6) is 0.652. The Kier molecular flexibility index (Phi) is 7.61. The molecule has 0 aromatic heterocycles. The van der Waals surface area contributed by atoms with Crippen LogP contribution in [-0.2, 0) is 17.8 Å². The zero-order valence-corrected chi connectivity index (χ0v) is 13.7. The molecular formula is C15H25BrN2O. The second-order valence-electron chi connectivity index (χ2n) is 5.25. The first-order valence-electron chi connectivity index (χ1n) is 6.75. The highest BCUT2D eigenvalue weighted by atomic mass is 79.9. The highest BCUT2D eigenvalue weighted by Crippen LogP contribution is 2.20. The molecule has 0 amide bonds. The van der Waals surface area contributed by atoms with Crippen LogP contribution in [0.2, 0.25) is 0 Å². The van der Waals surface area contributed by atoms with Crippen LogP contribution in [0.3, 0.4) is 0 Å². The van der Waals surface area contributed by atoms with Crippen molar-refractivity contribution < 1.29 is 4.74 Å². The molecule has 0 heterocycles. The minimum Gasteiger partial charge on any atom is -0.383 e. The van der Waals surface area contributed by atoms with Gasteiger partial charge in [-0.15, -0.1) is 0 Å². The predicted molar refractivity (Wildman–Crippen MR) is 84.0 cm³/mol. The van der Waals surface area contributed by atoms with Gasteiger partial charge in [0.2, 0.25) is 0 Å². The van der Waals surface area contributed by atoms with E-state index >= 15 is 0 Å². The number of nitrogens with zero attached hydrogens (tertiary/aromatic N) is 1. The van der Waals surface area contributed by atoms with Crippen LogP contribution in [0.15, 0.2) is 22.7 Å². The van der Waals surface area contributed by atoms with Crippen LogP contribution in [0, 0.1) is 5.92 Å². The molecule has 1 rings (SSSR count). The largest absolute Gasteiger partial charge is 0.383 e. The molecule has 0 saturated heterocycles. The third kappa shape index (κ3) is 6.04. The summed E-state index contributed by atoms with van der Waals surface area (Å²) in [4.78, 5) is 2.43. The van der Waals surface area contributed by atoms with Crippen LogP contribution < -0.4 is 5.73 Å². The molecule has 2 N–H and O–H groups in total. The van der Waals surface area contributed by atoms with Crippen LogP contribution in [-0.4, -0.2) is 31.7 Å². The summed E-state index contributed by atoms with van der Waals surface area (Å²) < 4.78 is 6.33. The van der Waals surface area contributed by atoms with Crippen molar-refractivity contribution in [2.75, 3.05) is 26.8 Å². The van der Waals surface area contributed by atoms with Crippen molar-refractivity contribution in [1.29, 1.82) is 0 Å². The minimum absolute atomic E-state index is 0.582. The first kappa shape index (κ1) is 16.6. The minimum atomic E-state index is 0.582. The van der Waals surface area contributed by atoms with Crippen LogP contribution >= 0.6 is 15.9 Å². The van der Waals surface area contributed by atoms with Gasteiger partial charge in [0, 0.05) is 37.8 Å². The molecule has 108 valence electrons. The van der Waals surface area contributed by atoms with Gasteiger partial charge in [0.05, 0.1) is 6.61 Å². The van der Waals surface area contributed by atoms with E-state index < -0.39 is 0 Å². The molecule has 0 radical (unpaired) electrons. The zero-order chi connectivity index (χ0) is 14.3. The average Bonchev–Trinajstić information content (AvgIpc) is 2.37. The number of benzene rings is 1. The molecule has 0 aliphatic carbocycles. The van der Waals surface area contributed by atoms with Crippen molar-refractivity contribution in [2.24, 2.45) is 11.7 Å². The van der Waals surface area contributed by atoms with Crippen molar-refractivity contribution in [1.82, 2.24) is 4.90 Å². The zero-order valence-electron chi connectivity index (χ0n) is 12.2. The van der Waals surface area contributed by atoms with E-state index in [-0.39, 0.29) is 0 Å². The number of halogens is 1. The number of ether oxygens (including phenoxy) is 1. The molecule has 4 heteroatoms. The molecular weight excluding hydrogens is 304 g/mol. The summed E-state index contributed by atoms with van der Waals surface area (Å²) in [7, 11) is 1.75. The van der Waals surface area contributed by atoms with Crippen molar-refractivity contribution >= 4 is 15.9 Å². The quantitative estimate of drug-likeness (QED) is 0.797. The van der Waals surface area contributed by atoms with Gasteiger partial charge < -0.3 is 10.5 Å². The number of methoxy groups -OCH3 is 1. The van der Waals surface area contributed by atoms with Crippen molar-refractivity contribution in [3.8, 4) is 0 Å². The maximum Gasteiger partial charge on any atom is 0.0589 e. The molecule has 0 fully saturated rings. The second-order valence-corrected chi connectivity index (χ2v) is 6.11. The fourth-order valence-corrected chi connectivity index (χ4v) is 2.61. The van der Waals surface area contributed by atoms with E-state index in [2.05, 4.69) is 52.9 Å². The Morgan fingerprint density at radius 2 is 2.11 bits per heavy atom. The van der Waals surface area contributed by atoms with Gasteiger partial charge in [-0.2, -0.15) is 0 Å². The van der Waals surface area contributed by atoms with Crippen LogP contribution in [0.1, 0.15) is 25.0 Å². The Hall–Kier alpha value is -0.420. The molecule has 0 bridgehead atoms. The van der Waals surface area contributed by atoms with Gasteiger partial charge in [-0.1, -0.05) is 41.9 Å². The van der Waals surface area contributed by atoms with Crippen LogP contribution in [0.25, 0.3) is 0 Å².